The van der Waals surface area contributed by atoms with Crippen LogP contribution < -0.4 is 9.64 Å². The zero-order valence-electron chi connectivity index (χ0n) is 16.7. The highest BCUT2D eigenvalue weighted by molar-refractivity contribution is 5.93. The standard InChI is InChI=1S/C24H25N3O2/c1-26-9-4-10-29-23-12-18(16-28)11-21(24(23)26)25-14-20-13-19-5-2-3-6-22(19)27(20)15-17-7-8-17/h2-3,5-6,11-14,16-17H,4,7-10,15H2,1H3. The van der Waals surface area contributed by atoms with Crippen LogP contribution in [0, 0.1) is 5.92 Å². The second-order valence-electron chi connectivity index (χ2n) is 8.07. The highest BCUT2D eigenvalue weighted by Crippen LogP contribution is 2.40. The average Bonchev–Trinajstić information content (AvgIpc) is 3.52. The highest BCUT2D eigenvalue weighted by atomic mass is 16.5. The minimum absolute atomic E-state index is 0.588. The summed E-state index contributed by atoms with van der Waals surface area (Å²) in [6.45, 7) is 2.58. The van der Waals surface area contributed by atoms with Crippen LogP contribution in [0.1, 0.15) is 35.3 Å². The van der Waals surface area contributed by atoms with E-state index in [0.29, 0.717) is 12.2 Å². The molecule has 148 valence electrons. The molecule has 1 saturated carbocycles. The van der Waals surface area contributed by atoms with Crippen molar-refractivity contribution < 1.29 is 9.53 Å². The van der Waals surface area contributed by atoms with Crippen molar-refractivity contribution in [3.05, 3.63) is 53.7 Å². The number of aliphatic imine (C=N–C) groups is 1. The molecule has 0 bridgehead atoms. The summed E-state index contributed by atoms with van der Waals surface area (Å²) >= 11 is 0. The monoisotopic (exact) mass is 387 g/mol. The van der Waals surface area contributed by atoms with Crippen LogP contribution in [0.3, 0.4) is 0 Å². The van der Waals surface area contributed by atoms with Gasteiger partial charge in [0.05, 0.1) is 24.2 Å². The Bertz CT molecular complexity index is 1090. The molecule has 3 aromatic rings. The number of hydrogen-bond donors (Lipinski definition) is 0. The number of benzene rings is 2. The summed E-state index contributed by atoms with van der Waals surface area (Å²) in [4.78, 5) is 18.5. The lowest BCUT2D eigenvalue weighted by atomic mass is 10.1. The van der Waals surface area contributed by atoms with Gasteiger partial charge in [0.25, 0.3) is 0 Å². The minimum Gasteiger partial charge on any atom is -0.491 e. The van der Waals surface area contributed by atoms with Crippen molar-refractivity contribution in [1.82, 2.24) is 4.57 Å². The van der Waals surface area contributed by atoms with E-state index in [-0.39, 0.29) is 0 Å². The lowest BCUT2D eigenvalue weighted by molar-refractivity contribution is 0.112. The first-order chi connectivity index (χ1) is 14.2. The molecular formula is C24H25N3O2. The molecule has 0 unspecified atom stereocenters. The van der Waals surface area contributed by atoms with Crippen molar-refractivity contribution in [3.8, 4) is 5.75 Å². The molecule has 1 aliphatic carbocycles. The number of nitrogens with zero attached hydrogens (tertiary/aromatic N) is 3. The van der Waals surface area contributed by atoms with Crippen molar-refractivity contribution in [3.63, 3.8) is 0 Å². The van der Waals surface area contributed by atoms with Gasteiger partial charge in [-0.05, 0) is 49.4 Å². The van der Waals surface area contributed by atoms with Gasteiger partial charge in [-0.25, -0.2) is 0 Å². The maximum Gasteiger partial charge on any atom is 0.150 e. The molecule has 0 spiro atoms. The zero-order chi connectivity index (χ0) is 19.8. The summed E-state index contributed by atoms with van der Waals surface area (Å²) in [5.74, 6) is 1.51. The maximum atomic E-state index is 11.5. The van der Waals surface area contributed by atoms with Crippen LogP contribution in [0.25, 0.3) is 10.9 Å². The zero-order valence-corrected chi connectivity index (χ0v) is 16.7. The first-order valence-electron chi connectivity index (χ1n) is 10.3. The van der Waals surface area contributed by atoms with Gasteiger partial charge in [-0.2, -0.15) is 0 Å². The largest absolute Gasteiger partial charge is 0.491 e. The van der Waals surface area contributed by atoms with Crippen LogP contribution in [0.4, 0.5) is 11.4 Å². The number of para-hydroxylation sites is 1. The van der Waals surface area contributed by atoms with Crippen LogP contribution in [0.5, 0.6) is 5.75 Å². The molecule has 5 heteroatoms. The number of anilines is 1. The van der Waals surface area contributed by atoms with Crippen LogP contribution in [-0.4, -0.2) is 37.3 Å². The number of hydrogen-bond acceptors (Lipinski definition) is 4. The van der Waals surface area contributed by atoms with Crippen molar-refractivity contribution in [1.29, 1.82) is 0 Å². The molecule has 29 heavy (non-hydrogen) atoms. The van der Waals surface area contributed by atoms with Gasteiger partial charge in [0.15, 0.2) is 0 Å². The predicted molar refractivity (Wildman–Crippen MR) is 117 cm³/mol. The molecule has 0 radical (unpaired) electrons. The predicted octanol–water partition coefficient (Wildman–Crippen LogP) is 4.83. The van der Waals surface area contributed by atoms with Gasteiger partial charge in [0.1, 0.15) is 17.7 Å². The molecular weight excluding hydrogens is 362 g/mol. The number of ether oxygens (including phenoxy) is 1. The Morgan fingerprint density at radius 1 is 1.21 bits per heavy atom. The fourth-order valence-electron chi connectivity index (χ4n) is 4.11. The number of aromatic nitrogens is 1. The van der Waals surface area contributed by atoms with E-state index in [0.717, 1.165) is 54.5 Å². The molecule has 0 atom stereocenters. The molecule has 2 aliphatic rings. The second-order valence-corrected chi connectivity index (χ2v) is 8.07. The molecule has 1 fully saturated rings. The Kier molecular flexibility index (Phi) is 4.58. The normalized spacial score (nSPS) is 16.7. The third-order valence-corrected chi connectivity index (χ3v) is 5.81. The van der Waals surface area contributed by atoms with E-state index in [1.54, 1.807) is 0 Å². The maximum absolute atomic E-state index is 11.5. The van der Waals surface area contributed by atoms with E-state index in [2.05, 4.69) is 46.8 Å². The Hall–Kier alpha value is -3.08. The lowest BCUT2D eigenvalue weighted by Crippen LogP contribution is -2.17. The van der Waals surface area contributed by atoms with E-state index < -0.39 is 0 Å². The van der Waals surface area contributed by atoms with E-state index in [9.17, 15) is 4.79 Å². The number of aldehydes is 1. The van der Waals surface area contributed by atoms with Gasteiger partial charge in [0.2, 0.25) is 0 Å². The Morgan fingerprint density at radius 2 is 2.07 bits per heavy atom. The first-order valence-corrected chi connectivity index (χ1v) is 10.3. The van der Waals surface area contributed by atoms with E-state index in [4.69, 9.17) is 9.73 Å². The minimum atomic E-state index is 0.588. The van der Waals surface area contributed by atoms with Crippen molar-refractivity contribution in [2.45, 2.75) is 25.8 Å². The van der Waals surface area contributed by atoms with Gasteiger partial charge in [0, 0.05) is 36.6 Å². The Balaban J connectivity index is 1.59. The van der Waals surface area contributed by atoms with Gasteiger partial charge in [-0.1, -0.05) is 18.2 Å². The summed E-state index contributed by atoms with van der Waals surface area (Å²) in [5.41, 5.74) is 4.67. The summed E-state index contributed by atoms with van der Waals surface area (Å²) < 4.78 is 8.28. The van der Waals surface area contributed by atoms with Crippen LogP contribution in [0.15, 0.2) is 47.5 Å². The van der Waals surface area contributed by atoms with Crippen molar-refractivity contribution >= 4 is 34.8 Å². The third-order valence-electron chi connectivity index (χ3n) is 5.81. The summed E-state index contributed by atoms with van der Waals surface area (Å²) in [6.07, 6.45) is 6.35. The molecule has 2 aromatic carbocycles. The molecule has 0 amide bonds. The highest BCUT2D eigenvalue weighted by Gasteiger charge is 2.23. The summed E-state index contributed by atoms with van der Waals surface area (Å²) in [5, 5.41) is 1.23. The lowest BCUT2D eigenvalue weighted by Gasteiger charge is -2.20. The van der Waals surface area contributed by atoms with Crippen molar-refractivity contribution in [2.75, 3.05) is 25.1 Å². The van der Waals surface area contributed by atoms with Crippen molar-refractivity contribution in [2.24, 2.45) is 10.9 Å². The number of rotatable bonds is 5. The fourth-order valence-corrected chi connectivity index (χ4v) is 4.11. The molecule has 1 aliphatic heterocycles. The topological polar surface area (TPSA) is 46.8 Å². The molecule has 1 aromatic heterocycles. The summed E-state index contributed by atoms with van der Waals surface area (Å²) in [7, 11) is 2.05. The SMILES string of the molecule is CN1CCCOc2cc(C=O)cc(N=Cc3cc4ccccc4n3CC3CC3)c21. The van der Waals surface area contributed by atoms with E-state index in [1.807, 2.05) is 18.3 Å². The Labute approximate surface area is 170 Å². The van der Waals surface area contributed by atoms with Crippen LogP contribution in [0.2, 0.25) is 0 Å². The van der Waals surface area contributed by atoms with E-state index in [1.165, 1.54) is 23.7 Å². The van der Waals surface area contributed by atoms with Crippen LogP contribution in [-0.2, 0) is 6.54 Å². The Morgan fingerprint density at radius 3 is 2.90 bits per heavy atom. The molecule has 0 N–H and O–H groups in total. The first kappa shape index (κ1) is 18.0. The fraction of sp³-hybridized carbons (Fsp3) is 0.333. The molecule has 5 rings (SSSR count). The van der Waals surface area contributed by atoms with Gasteiger partial charge < -0.3 is 14.2 Å². The molecule has 2 heterocycles. The second kappa shape index (κ2) is 7.39. The number of fused-ring (bicyclic) bond motifs is 2. The third kappa shape index (κ3) is 3.53. The summed E-state index contributed by atoms with van der Waals surface area (Å²) in [6, 6.07) is 14.3. The van der Waals surface area contributed by atoms with E-state index >= 15 is 0 Å². The van der Waals surface area contributed by atoms with Gasteiger partial charge >= 0.3 is 0 Å². The van der Waals surface area contributed by atoms with Crippen LogP contribution >= 0.6 is 0 Å². The molecule has 5 nitrogen and oxygen atoms in total. The van der Waals surface area contributed by atoms with Gasteiger partial charge in [-0.3, -0.25) is 9.79 Å². The number of carbonyl (C=O) groups excluding carboxylic acids is 1. The van der Waals surface area contributed by atoms with Gasteiger partial charge in [-0.15, -0.1) is 0 Å². The molecule has 0 saturated heterocycles. The number of carbonyl (C=O) groups is 1. The average molecular weight is 387 g/mol. The smallest absolute Gasteiger partial charge is 0.150 e. The quantitative estimate of drug-likeness (QED) is 0.465.